The van der Waals surface area contributed by atoms with E-state index in [1.54, 1.807) is 34.6 Å². The maximum atomic E-state index is 14.2. The van der Waals surface area contributed by atoms with Crippen LogP contribution in [0.15, 0.2) is 0 Å². The number of carbonyl (C=O) groups is 1. The van der Waals surface area contributed by atoms with Gasteiger partial charge in [0.2, 0.25) is 0 Å². The van der Waals surface area contributed by atoms with Gasteiger partial charge in [0.15, 0.2) is 12.6 Å². The second kappa shape index (κ2) is 17.7. The number of rotatable bonds is 7. The molecule has 3 rings (SSSR count). The molecule has 0 aromatic carbocycles. The molecule has 0 bridgehead atoms. The molecule has 3 saturated heterocycles. The Labute approximate surface area is 307 Å². The fourth-order valence-electron chi connectivity index (χ4n) is 8.68. The normalized spacial score (nSPS) is 48.9. The van der Waals surface area contributed by atoms with E-state index in [-0.39, 0.29) is 30.9 Å². The minimum absolute atomic E-state index is 0.0724. The van der Waals surface area contributed by atoms with Crippen LogP contribution in [0.2, 0.25) is 0 Å². The summed E-state index contributed by atoms with van der Waals surface area (Å²) in [6, 6.07) is -0.294. The van der Waals surface area contributed by atoms with Crippen LogP contribution in [0.3, 0.4) is 0 Å². The van der Waals surface area contributed by atoms with Gasteiger partial charge in [0.05, 0.1) is 41.5 Å². The second-order valence-electron chi connectivity index (χ2n) is 17.1. The Kier molecular flexibility index (Phi) is 15.4. The highest BCUT2D eigenvalue weighted by atomic mass is 16.7. The number of aliphatic hydroxyl groups is 4. The van der Waals surface area contributed by atoms with Gasteiger partial charge < -0.3 is 58.6 Å². The Hall–Kier alpha value is -0.970. The van der Waals surface area contributed by atoms with Crippen LogP contribution in [0.1, 0.15) is 101 Å². The summed E-state index contributed by atoms with van der Waals surface area (Å²) in [6.07, 6.45) is -5.02. The van der Waals surface area contributed by atoms with Gasteiger partial charge >= 0.3 is 5.97 Å². The van der Waals surface area contributed by atoms with Crippen molar-refractivity contribution < 1.29 is 53.6 Å². The molecule has 0 aromatic heterocycles. The standard InChI is InChI=1S/C38H72N2O11/c1-15-28-38(10,45)32(41)25(6)40(13)20-21(2)18-36(8,44)34(51-29-17-27(39(11)12)16-22(3)47-29)23(4)31(24(5)35(43)49-28)50-30-19-37(9,46-14)33(42)26(7)48-30/h21-34,41-42,44-45H,15-20H2,1-14H3/t21-,22-,23+,24-,25-,26+,27+,28-,29?,30+,31+,32-,33+,34-,36-,37-,38-/m1/s1. The van der Waals surface area contributed by atoms with Gasteiger partial charge in [-0.25, -0.2) is 0 Å². The number of carbonyl (C=O) groups excluding carboxylic acids is 1. The first-order valence-corrected chi connectivity index (χ1v) is 19.0. The molecule has 13 heteroatoms. The van der Waals surface area contributed by atoms with Gasteiger partial charge in [-0.15, -0.1) is 0 Å². The molecule has 3 heterocycles. The Morgan fingerprint density at radius 2 is 1.55 bits per heavy atom. The molecule has 4 N–H and O–H groups in total. The summed E-state index contributed by atoms with van der Waals surface area (Å²) in [7, 11) is 7.47. The van der Waals surface area contributed by atoms with Gasteiger partial charge in [0.25, 0.3) is 0 Å². The molecule has 3 fully saturated rings. The summed E-state index contributed by atoms with van der Waals surface area (Å²) in [5.41, 5.74) is -4.18. The Morgan fingerprint density at radius 1 is 0.922 bits per heavy atom. The largest absolute Gasteiger partial charge is 0.459 e. The number of hydrogen-bond acceptors (Lipinski definition) is 13. The van der Waals surface area contributed by atoms with Gasteiger partial charge in [0.1, 0.15) is 23.9 Å². The summed E-state index contributed by atoms with van der Waals surface area (Å²) in [5, 5.41) is 46.6. The van der Waals surface area contributed by atoms with Crippen molar-refractivity contribution >= 4 is 5.97 Å². The van der Waals surface area contributed by atoms with Crippen molar-refractivity contribution in [2.45, 2.75) is 186 Å². The Bertz CT molecular complexity index is 1110. The summed E-state index contributed by atoms with van der Waals surface area (Å²) < 4.78 is 37.9. The fraction of sp³-hybridized carbons (Fsp3) is 0.974. The van der Waals surface area contributed by atoms with Gasteiger partial charge in [-0.2, -0.15) is 0 Å². The molecule has 13 nitrogen and oxygen atoms in total. The molecular weight excluding hydrogens is 660 g/mol. The van der Waals surface area contributed by atoms with Gasteiger partial charge in [-0.05, 0) is 94.8 Å². The third-order valence-corrected chi connectivity index (χ3v) is 12.1. The average molecular weight is 733 g/mol. The van der Waals surface area contributed by atoms with E-state index in [1.807, 2.05) is 53.7 Å². The van der Waals surface area contributed by atoms with E-state index >= 15 is 0 Å². The van der Waals surface area contributed by atoms with Crippen LogP contribution in [0, 0.1) is 17.8 Å². The van der Waals surface area contributed by atoms with Crippen LogP contribution in [0.25, 0.3) is 0 Å². The van der Waals surface area contributed by atoms with Crippen LogP contribution in [0.5, 0.6) is 0 Å². The number of nitrogens with zero attached hydrogens (tertiary/aromatic N) is 2. The zero-order valence-electron chi connectivity index (χ0n) is 33.9. The lowest BCUT2D eigenvalue weighted by Crippen LogP contribution is -2.59. The van der Waals surface area contributed by atoms with Crippen LogP contribution in [-0.2, 0) is 33.2 Å². The van der Waals surface area contributed by atoms with Gasteiger partial charge in [0, 0.05) is 44.5 Å². The predicted octanol–water partition coefficient (Wildman–Crippen LogP) is 2.93. The lowest BCUT2D eigenvalue weighted by molar-refractivity contribution is -0.308. The van der Waals surface area contributed by atoms with Crippen molar-refractivity contribution in [3.8, 4) is 0 Å². The number of ether oxygens (including phenoxy) is 6. The topological polar surface area (TPSA) is 160 Å². The quantitative estimate of drug-likeness (QED) is 0.284. The molecule has 0 aromatic rings. The maximum Gasteiger partial charge on any atom is 0.311 e. The molecule has 300 valence electrons. The van der Waals surface area contributed by atoms with Crippen LogP contribution >= 0.6 is 0 Å². The number of cyclic esters (lactones) is 1. The molecule has 3 aliphatic rings. The first-order valence-electron chi connectivity index (χ1n) is 19.0. The first kappa shape index (κ1) is 44.4. The number of esters is 1. The van der Waals surface area contributed by atoms with Crippen molar-refractivity contribution in [3.63, 3.8) is 0 Å². The Balaban J connectivity index is 2.15. The van der Waals surface area contributed by atoms with Crippen molar-refractivity contribution in [1.82, 2.24) is 9.80 Å². The minimum atomic E-state index is -1.77. The number of likely N-dealkylation sites (N-methyl/N-ethyl adjacent to an activating group) is 1. The molecular formula is C38H72N2O11. The SMILES string of the molecule is CC[C@H]1OC(=O)[C@H](C)[C@@H](O[C@H]2C[C@@](C)(OC)[C@@H](O)[C@H](C)O2)[C@H](C)[C@@H](OC2C[C@@H](N(C)C)C[C@@H](C)O2)[C@](C)(O)C[C@@H](C)CN(C)[C@H](C)[C@@H](O)[C@]1(C)O. The van der Waals surface area contributed by atoms with E-state index in [1.165, 1.54) is 14.0 Å². The smallest absolute Gasteiger partial charge is 0.311 e. The summed E-state index contributed by atoms with van der Waals surface area (Å²) in [4.78, 5) is 18.3. The molecule has 1 unspecified atom stereocenters. The second-order valence-corrected chi connectivity index (χ2v) is 17.1. The first-order chi connectivity index (χ1) is 23.5. The summed E-state index contributed by atoms with van der Waals surface area (Å²) in [5.74, 6) is -2.27. The average Bonchev–Trinajstić information content (AvgIpc) is 3.04. The van der Waals surface area contributed by atoms with E-state index in [4.69, 9.17) is 28.4 Å². The number of aliphatic hydroxyl groups excluding tert-OH is 2. The highest BCUT2D eigenvalue weighted by molar-refractivity contribution is 5.73. The molecule has 0 radical (unpaired) electrons. The number of methoxy groups -OCH3 is 1. The predicted molar refractivity (Wildman–Crippen MR) is 193 cm³/mol. The van der Waals surface area contributed by atoms with E-state index < -0.39 is 89.9 Å². The van der Waals surface area contributed by atoms with Crippen LogP contribution in [-0.4, -0.2) is 155 Å². The molecule has 17 atom stereocenters. The third kappa shape index (κ3) is 10.4. The zero-order valence-corrected chi connectivity index (χ0v) is 33.9. The number of hydrogen-bond donors (Lipinski definition) is 4. The van der Waals surface area contributed by atoms with E-state index in [9.17, 15) is 25.2 Å². The minimum Gasteiger partial charge on any atom is -0.459 e. The van der Waals surface area contributed by atoms with E-state index in [2.05, 4.69) is 4.90 Å². The molecule has 0 spiro atoms. The zero-order chi connectivity index (χ0) is 38.8. The van der Waals surface area contributed by atoms with E-state index in [0.29, 0.717) is 19.4 Å². The molecule has 0 amide bonds. The van der Waals surface area contributed by atoms with Crippen molar-refractivity contribution in [2.75, 3.05) is 34.8 Å². The lowest BCUT2D eigenvalue weighted by Gasteiger charge is -2.48. The van der Waals surface area contributed by atoms with Crippen molar-refractivity contribution in [1.29, 1.82) is 0 Å². The molecule has 0 saturated carbocycles. The molecule has 0 aliphatic carbocycles. The molecule has 3 aliphatic heterocycles. The van der Waals surface area contributed by atoms with Gasteiger partial charge in [-0.3, -0.25) is 4.79 Å². The summed E-state index contributed by atoms with van der Waals surface area (Å²) in [6.45, 7) is 18.6. The fourth-order valence-corrected chi connectivity index (χ4v) is 8.68. The maximum absolute atomic E-state index is 14.2. The highest BCUT2D eigenvalue weighted by Crippen LogP contribution is 2.40. The Morgan fingerprint density at radius 3 is 2.12 bits per heavy atom. The van der Waals surface area contributed by atoms with Crippen molar-refractivity contribution in [2.24, 2.45) is 17.8 Å². The van der Waals surface area contributed by atoms with Crippen LogP contribution in [0.4, 0.5) is 0 Å². The van der Waals surface area contributed by atoms with Crippen molar-refractivity contribution in [3.05, 3.63) is 0 Å². The lowest BCUT2D eigenvalue weighted by atomic mass is 9.77. The van der Waals surface area contributed by atoms with E-state index in [0.717, 1.165) is 6.42 Å². The molecule has 51 heavy (non-hydrogen) atoms. The van der Waals surface area contributed by atoms with Crippen LogP contribution < -0.4 is 0 Å². The highest BCUT2D eigenvalue weighted by Gasteiger charge is 2.52. The third-order valence-electron chi connectivity index (χ3n) is 12.1. The summed E-state index contributed by atoms with van der Waals surface area (Å²) >= 11 is 0. The monoisotopic (exact) mass is 733 g/mol. The van der Waals surface area contributed by atoms with Gasteiger partial charge in [-0.1, -0.05) is 20.8 Å².